The lowest BCUT2D eigenvalue weighted by molar-refractivity contribution is -0.166. The fraction of sp³-hybridized carbons (Fsp3) is 0.812. The molecule has 0 rings (SSSR count). The largest absolute Gasteiger partial charge is 0.463 e. The van der Waals surface area contributed by atoms with Crippen LogP contribution in [0.15, 0.2) is 0 Å². The third kappa shape index (κ3) is 29.1. The minimum absolute atomic E-state index is 0.264. The number of aliphatic hydroxyl groups excluding tert-OH is 6. The lowest BCUT2D eigenvalue weighted by atomic mass is 10.3. The summed E-state index contributed by atoms with van der Waals surface area (Å²) in [5.41, 5.74) is 0. The first kappa shape index (κ1) is 48.5. The molecule has 6 N–H and O–H groups in total. The summed E-state index contributed by atoms with van der Waals surface area (Å²) in [5.74, 6) is -4.88. The molecule has 20 heteroatoms. The van der Waals surface area contributed by atoms with Gasteiger partial charge in [-0.05, 0) is 27.7 Å². The minimum atomic E-state index is -1.34. The predicted octanol–water partition coefficient (Wildman–Crippen LogP) is -2.40. The molecule has 0 amide bonds. The highest BCUT2D eigenvalue weighted by Gasteiger charge is 2.22. The van der Waals surface area contributed by atoms with Crippen molar-refractivity contribution in [1.82, 2.24) is 0 Å². The van der Waals surface area contributed by atoms with E-state index in [4.69, 9.17) is 37.9 Å². The molecule has 52 heavy (non-hydrogen) atoms. The molecule has 0 heterocycles. The van der Waals surface area contributed by atoms with E-state index in [-0.39, 0.29) is 45.5 Å². The van der Waals surface area contributed by atoms with Gasteiger partial charge in [0.2, 0.25) is 0 Å². The Hall–Kier alpha value is -3.50. The first-order valence-electron chi connectivity index (χ1n) is 16.6. The molecule has 0 bridgehead atoms. The number of hydrogen-bond donors (Lipinski definition) is 6. The van der Waals surface area contributed by atoms with E-state index >= 15 is 0 Å². The third-order valence-electron chi connectivity index (χ3n) is 5.94. The van der Waals surface area contributed by atoms with Crippen LogP contribution in [0.5, 0.6) is 0 Å². The van der Waals surface area contributed by atoms with Crippen LogP contribution in [0.3, 0.4) is 0 Å². The quantitative estimate of drug-likeness (QED) is 0.0342. The summed E-state index contributed by atoms with van der Waals surface area (Å²) >= 11 is 0. The zero-order chi connectivity index (χ0) is 39.6. The summed E-state index contributed by atoms with van der Waals surface area (Å²) in [7, 11) is 0. The van der Waals surface area contributed by atoms with E-state index in [1.165, 1.54) is 27.7 Å². The van der Waals surface area contributed by atoms with Crippen molar-refractivity contribution in [3.05, 3.63) is 0 Å². The maximum Gasteiger partial charge on any atom is 0.308 e. The summed E-state index contributed by atoms with van der Waals surface area (Å²) in [6.45, 7) is 2.13. The second-order valence-electron chi connectivity index (χ2n) is 12.1. The second kappa shape index (κ2) is 28.1. The lowest BCUT2D eigenvalue weighted by Gasteiger charge is -2.20. The van der Waals surface area contributed by atoms with Crippen LogP contribution < -0.4 is 0 Å². The molecule has 0 fully saturated rings. The zero-order valence-electron chi connectivity index (χ0n) is 29.9. The van der Waals surface area contributed by atoms with Gasteiger partial charge >= 0.3 is 35.8 Å². The number of hydrogen-bond acceptors (Lipinski definition) is 20. The number of rotatable bonds is 29. The Kier molecular flexibility index (Phi) is 26.2. The Morgan fingerprint density at radius 2 is 0.673 bits per heavy atom. The fourth-order valence-corrected chi connectivity index (χ4v) is 3.65. The Bertz CT molecular complexity index is 1060. The highest BCUT2D eigenvalue weighted by Crippen LogP contribution is 2.06. The van der Waals surface area contributed by atoms with Gasteiger partial charge in [0.1, 0.15) is 38.6 Å². The predicted molar refractivity (Wildman–Crippen MR) is 172 cm³/mol. The van der Waals surface area contributed by atoms with E-state index < -0.39 is 131 Å². The van der Waals surface area contributed by atoms with Crippen molar-refractivity contribution in [1.29, 1.82) is 0 Å². The maximum atomic E-state index is 12.2. The minimum Gasteiger partial charge on any atom is -0.463 e. The monoisotopic (exact) mass is 758 g/mol. The molecule has 8 atom stereocenters. The van der Waals surface area contributed by atoms with Gasteiger partial charge in [-0.2, -0.15) is 0 Å². The maximum absolute atomic E-state index is 12.2. The normalized spacial score (nSPS) is 15.8. The lowest BCUT2D eigenvalue weighted by Crippen LogP contribution is -2.33. The Balaban J connectivity index is 4.67. The van der Waals surface area contributed by atoms with Crippen LogP contribution in [-0.4, -0.2) is 168 Å². The van der Waals surface area contributed by atoms with Crippen molar-refractivity contribution in [2.75, 3.05) is 52.9 Å². The molecule has 302 valence electrons. The van der Waals surface area contributed by atoms with Gasteiger partial charge in [-0.1, -0.05) is 0 Å². The van der Waals surface area contributed by atoms with Crippen molar-refractivity contribution in [2.24, 2.45) is 0 Å². The van der Waals surface area contributed by atoms with E-state index in [2.05, 4.69) is 0 Å². The first-order chi connectivity index (χ1) is 24.4. The van der Waals surface area contributed by atoms with E-state index in [0.29, 0.717) is 0 Å². The van der Waals surface area contributed by atoms with Crippen LogP contribution in [0.25, 0.3) is 0 Å². The molecular weight excluding hydrogens is 704 g/mol. The first-order valence-corrected chi connectivity index (χ1v) is 16.6. The van der Waals surface area contributed by atoms with Crippen molar-refractivity contribution >= 4 is 35.8 Å². The van der Waals surface area contributed by atoms with Gasteiger partial charge < -0.3 is 68.5 Å². The highest BCUT2D eigenvalue weighted by atomic mass is 16.6. The van der Waals surface area contributed by atoms with Crippen molar-refractivity contribution in [3.8, 4) is 0 Å². The van der Waals surface area contributed by atoms with Gasteiger partial charge in [-0.25, -0.2) is 0 Å². The summed E-state index contributed by atoms with van der Waals surface area (Å²) in [4.78, 5) is 71.5. The summed E-state index contributed by atoms with van der Waals surface area (Å²) in [5, 5.41) is 57.3. The molecule has 8 unspecified atom stereocenters. The average molecular weight is 759 g/mol. The van der Waals surface area contributed by atoms with Crippen LogP contribution in [-0.2, 0) is 66.7 Å². The molecule has 20 nitrogen and oxygen atoms in total. The van der Waals surface area contributed by atoms with Gasteiger partial charge in [-0.3, -0.25) is 28.8 Å². The van der Waals surface area contributed by atoms with E-state index in [1.807, 2.05) is 0 Å². The molecule has 0 aliphatic rings. The van der Waals surface area contributed by atoms with Gasteiger partial charge in [0.15, 0.2) is 12.2 Å². The molecule has 0 aromatic heterocycles. The standard InChI is InChI=1S/C32H54O20/c1-19(33)7-29(41)48-14-24(38)12-46-15-25(51-31(43)9-21(3)35)17-49-28(40)6-5-27(39)47-13-23(37)11-45-16-26(52-32(44)10-22(4)36)18-50-30(42)8-20(2)34/h19-26,33-38H,5-18H2,1-4H3. The topological polar surface area (TPSA) is 298 Å². The second-order valence-corrected chi connectivity index (χ2v) is 12.1. The Morgan fingerprint density at radius 3 is 1.02 bits per heavy atom. The van der Waals surface area contributed by atoms with Gasteiger partial charge in [0, 0.05) is 0 Å². The van der Waals surface area contributed by atoms with Gasteiger partial charge in [-0.15, -0.1) is 0 Å². The van der Waals surface area contributed by atoms with Crippen LogP contribution in [0.4, 0.5) is 0 Å². The Labute approximate surface area is 301 Å². The van der Waals surface area contributed by atoms with Crippen LogP contribution in [0, 0.1) is 0 Å². The number of esters is 6. The molecule has 0 aliphatic carbocycles. The van der Waals surface area contributed by atoms with E-state index in [0.717, 1.165) is 0 Å². The third-order valence-corrected chi connectivity index (χ3v) is 5.94. The van der Waals surface area contributed by atoms with E-state index in [9.17, 15) is 59.4 Å². The van der Waals surface area contributed by atoms with Crippen LogP contribution >= 0.6 is 0 Å². The van der Waals surface area contributed by atoms with E-state index in [1.54, 1.807) is 0 Å². The molecule has 0 aromatic rings. The molecule has 0 saturated heterocycles. The zero-order valence-corrected chi connectivity index (χ0v) is 29.9. The molecule has 0 spiro atoms. The summed E-state index contributed by atoms with van der Waals surface area (Å²) in [6, 6.07) is 0. The van der Waals surface area contributed by atoms with Crippen LogP contribution in [0.2, 0.25) is 0 Å². The van der Waals surface area contributed by atoms with Gasteiger partial charge in [0.05, 0.1) is 89.4 Å². The Morgan fingerprint density at radius 1 is 0.385 bits per heavy atom. The molecule has 0 radical (unpaired) electrons. The smallest absolute Gasteiger partial charge is 0.308 e. The van der Waals surface area contributed by atoms with Crippen molar-refractivity contribution in [3.63, 3.8) is 0 Å². The highest BCUT2D eigenvalue weighted by molar-refractivity contribution is 5.77. The summed E-state index contributed by atoms with van der Waals surface area (Å²) in [6.07, 6.45) is -10.9. The van der Waals surface area contributed by atoms with Gasteiger partial charge in [0.25, 0.3) is 0 Å². The van der Waals surface area contributed by atoms with Crippen LogP contribution in [0.1, 0.15) is 66.2 Å². The number of ether oxygens (including phenoxy) is 8. The van der Waals surface area contributed by atoms with Crippen molar-refractivity contribution in [2.45, 2.75) is 115 Å². The SMILES string of the molecule is CC(O)CC(=O)OCC(O)COCC(COC(=O)CCC(=O)OCC(O)COCC(COC(=O)CC(C)O)OC(=O)CC(C)O)OC(=O)CC(C)O. The molecule has 0 aliphatic heterocycles. The molecular formula is C32H54O20. The summed E-state index contributed by atoms with van der Waals surface area (Å²) < 4.78 is 40.6. The molecule has 0 aromatic carbocycles. The number of carbonyl (C=O) groups excluding carboxylic acids is 6. The fourth-order valence-electron chi connectivity index (χ4n) is 3.65. The van der Waals surface area contributed by atoms with Crippen molar-refractivity contribution < 1.29 is 97.3 Å². The number of carbonyl (C=O) groups is 6. The number of aliphatic hydroxyl groups is 6. The average Bonchev–Trinajstić information content (AvgIpc) is 3.01. The molecule has 0 saturated carbocycles.